The van der Waals surface area contributed by atoms with Crippen LogP contribution in [0.3, 0.4) is 0 Å². The highest BCUT2D eigenvalue weighted by atomic mass is 28.4. The Kier molecular flexibility index (Phi) is 8.95. The Balaban J connectivity index is 2.54. The zero-order valence-electron chi connectivity index (χ0n) is 19.1. The fraction of sp³-hybridized carbons (Fsp3) is 0.500. The predicted molar refractivity (Wildman–Crippen MR) is 124 cm³/mol. The lowest BCUT2D eigenvalue weighted by molar-refractivity contribution is 0.380. The maximum atomic E-state index is 14.6. The van der Waals surface area contributed by atoms with Crippen LogP contribution in [0.15, 0.2) is 30.3 Å². The van der Waals surface area contributed by atoms with Gasteiger partial charge in [-0.1, -0.05) is 89.1 Å². The molecule has 171 valence electrons. The second kappa shape index (κ2) is 10.8. The van der Waals surface area contributed by atoms with Crippen LogP contribution in [0, 0.1) is 29.3 Å². The van der Waals surface area contributed by atoms with Gasteiger partial charge in [-0.25, -0.2) is 13.2 Å². The molecule has 0 aromatic heterocycles. The number of benzene rings is 2. The van der Waals surface area contributed by atoms with E-state index in [2.05, 4.69) is 20.8 Å². The average Bonchev–Trinajstić information content (AvgIpc) is 2.76. The Morgan fingerprint density at radius 2 is 1.42 bits per heavy atom. The summed E-state index contributed by atoms with van der Waals surface area (Å²) in [6.45, 7) is 10.7. The standard InChI is InChI=1S/C24H33F4OSi2/c1-6-30(7-2,8-3)14-15-31(18(4)5,17-19-12-10-9-11-13-19)29-24-21(26)16-20(25)22(27)23(24)28/h9-13,18H,6-8,14-15,17H2,1-5H3. The summed E-state index contributed by atoms with van der Waals surface area (Å²) in [6, 6.07) is 17.0. The molecule has 0 aliphatic heterocycles. The topological polar surface area (TPSA) is 9.23 Å². The summed E-state index contributed by atoms with van der Waals surface area (Å²) in [5.41, 5.74) is 1.03. The highest BCUT2D eigenvalue weighted by Crippen LogP contribution is 2.39. The van der Waals surface area contributed by atoms with E-state index < -0.39 is 45.4 Å². The fourth-order valence-electron chi connectivity index (χ4n) is 4.28. The zero-order valence-corrected chi connectivity index (χ0v) is 21.1. The number of halogens is 4. The van der Waals surface area contributed by atoms with Crippen molar-refractivity contribution < 1.29 is 22.0 Å². The van der Waals surface area contributed by atoms with Crippen molar-refractivity contribution in [1.29, 1.82) is 0 Å². The van der Waals surface area contributed by atoms with Gasteiger partial charge >= 0.3 is 0 Å². The molecule has 0 heterocycles. The van der Waals surface area contributed by atoms with E-state index in [0.717, 1.165) is 35.8 Å². The molecule has 1 radical (unpaired) electrons. The van der Waals surface area contributed by atoms with Crippen molar-refractivity contribution in [3.63, 3.8) is 0 Å². The van der Waals surface area contributed by atoms with Crippen LogP contribution in [0.4, 0.5) is 17.6 Å². The fourth-order valence-corrected chi connectivity index (χ4v) is 13.7. The van der Waals surface area contributed by atoms with Gasteiger partial charge in [-0.2, -0.15) is 4.39 Å². The highest BCUT2D eigenvalue weighted by molar-refractivity contribution is 6.83. The third kappa shape index (κ3) is 5.80. The first kappa shape index (κ1) is 25.7. The zero-order chi connectivity index (χ0) is 23.2. The minimum atomic E-state index is -2.87. The van der Waals surface area contributed by atoms with E-state index in [9.17, 15) is 17.6 Å². The molecule has 0 saturated heterocycles. The smallest absolute Gasteiger partial charge is 0.258 e. The first-order valence-electron chi connectivity index (χ1n) is 11.1. The monoisotopic (exact) mass is 469 g/mol. The molecule has 0 amide bonds. The first-order valence-corrected chi connectivity index (χ1v) is 16.3. The third-order valence-electron chi connectivity index (χ3n) is 7.04. The van der Waals surface area contributed by atoms with E-state index in [1.807, 2.05) is 44.2 Å². The molecule has 31 heavy (non-hydrogen) atoms. The van der Waals surface area contributed by atoms with E-state index in [1.54, 1.807) is 6.07 Å². The Morgan fingerprint density at radius 1 is 0.839 bits per heavy atom. The summed E-state index contributed by atoms with van der Waals surface area (Å²) < 4.78 is 62.6. The molecular formula is C24H33F4OSi2. The maximum absolute atomic E-state index is 14.6. The quantitative estimate of drug-likeness (QED) is 0.140. The van der Waals surface area contributed by atoms with Crippen LogP contribution in [-0.4, -0.2) is 16.4 Å². The van der Waals surface area contributed by atoms with Gasteiger partial charge in [0.2, 0.25) is 5.82 Å². The van der Waals surface area contributed by atoms with Gasteiger partial charge < -0.3 is 4.43 Å². The second-order valence-corrected chi connectivity index (χ2v) is 18.7. The Hall–Kier alpha value is -1.61. The van der Waals surface area contributed by atoms with Gasteiger partial charge in [0.1, 0.15) is 0 Å². The van der Waals surface area contributed by atoms with Gasteiger partial charge in [0.05, 0.1) is 14.1 Å². The third-order valence-corrected chi connectivity index (χ3v) is 18.2. The molecule has 0 saturated carbocycles. The van der Waals surface area contributed by atoms with Gasteiger partial charge in [0, 0.05) is 6.04 Å². The van der Waals surface area contributed by atoms with Crippen LogP contribution in [0.25, 0.3) is 0 Å². The molecule has 0 fully saturated rings. The Bertz CT molecular complexity index is 848. The summed E-state index contributed by atoms with van der Waals surface area (Å²) in [7, 11) is -4.40. The van der Waals surface area contributed by atoms with Gasteiger partial charge in [-0.3, -0.25) is 0 Å². The van der Waals surface area contributed by atoms with Crippen molar-refractivity contribution in [2.75, 3.05) is 0 Å². The van der Waals surface area contributed by atoms with Crippen LogP contribution in [-0.2, 0) is 6.04 Å². The predicted octanol–water partition coefficient (Wildman–Crippen LogP) is 8.07. The van der Waals surface area contributed by atoms with Crippen LogP contribution in [0.2, 0.25) is 35.8 Å². The summed E-state index contributed by atoms with van der Waals surface area (Å²) in [5.74, 6) is -7.16. The number of rotatable bonds is 11. The van der Waals surface area contributed by atoms with Crippen LogP contribution in [0.5, 0.6) is 5.75 Å². The highest BCUT2D eigenvalue weighted by Gasteiger charge is 2.44. The Morgan fingerprint density at radius 3 is 1.94 bits per heavy atom. The lowest BCUT2D eigenvalue weighted by Gasteiger charge is -2.39. The van der Waals surface area contributed by atoms with Crippen molar-refractivity contribution in [1.82, 2.24) is 0 Å². The summed E-state index contributed by atoms with van der Waals surface area (Å²) in [6.07, 6.45) is 0. The summed E-state index contributed by atoms with van der Waals surface area (Å²) >= 11 is 0. The molecule has 2 rings (SSSR count). The average molecular weight is 470 g/mol. The van der Waals surface area contributed by atoms with Gasteiger partial charge in [0.15, 0.2) is 23.2 Å². The number of hydrogen-bond acceptors (Lipinski definition) is 1. The lowest BCUT2D eigenvalue weighted by Crippen LogP contribution is -2.50. The number of hydrogen-bond donors (Lipinski definition) is 0. The minimum Gasteiger partial charge on any atom is -0.539 e. The molecule has 2 aromatic rings. The summed E-state index contributed by atoms with van der Waals surface area (Å²) in [4.78, 5) is 0. The first-order chi connectivity index (χ1) is 14.6. The normalized spacial score (nSPS) is 14.0. The lowest BCUT2D eigenvalue weighted by atomic mass is 10.2. The molecule has 1 unspecified atom stereocenters. The van der Waals surface area contributed by atoms with E-state index >= 15 is 0 Å². The minimum absolute atomic E-state index is 0.0110. The van der Waals surface area contributed by atoms with Gasteiger partial charge in [-0.05, 0) is 17.1 Å². The molecular weight excluding hydrogens is 436 g/mol. The van der Waals surface area contributed by atoms with Crippen molar-refractivity contribution >= 4 is 16.4 Å². The van der Waals surface area contributed by atoms with E-state index in [4.69, 9.17) is 4.43 Å². The molecule has 0 bridgehead atoms. The second-order valence-electron chi connectivity index (χ2n) is 8.75. The molecule has 7 heteroatoms. The van der Waals surface area contributed by atoms with Crippen molar-refractivity contribution in [3.05, 3.63) is 65.2 Å². The van der Waals surface area contributed by atoms with Crippen LogP contribution < -0.4 is 4.43 Å². The van der Waals surface area contributed by atoms with Gasteiger partial charge in [-0.15, -0.1) is 0 Å². The molecule has 0 spiro atoms. The molecule has 0 N–H and O–H groups in total. The molecule has 2 aromatic carbocycles. The largest absolute Gasteiger partial charge is 0.539 e. The van der Waals surface area contributed by atoms with E-state index in [0.29, 0.717) is 6.04 Å². The van der Waals surface area contributed by atoms with Crippen molar-refractivity contribution in [2.45, 2.75) is 76.4 Å². The molecule has 1 nitrogen and oxygen atoms in total. The van der Waals surface area contributed by atoms with Gasteiger partial charge in [0.25, 0.3) is 8.32 Å². The Labute approximate surface area is 186 Å². The summed E-state index contributed by atoms with van der Waals surface area (Å²) in [5, 5.41) is 0. The van der Waals surface area contributed by atoms with Crippen molar-refractivity contribution in [2.24, 2.45) is 0 Å². The van der Waals surface area contributed by atoms with Crippen LogP contribution >= 0.6 is 0 Å². The molecule has 0 aliphatic rings. The SMILES string of the molecule is CC[Si](CC)(CC)CC[Si](Cc1ccccc1)(Oc1c(F)[c]c(F)c(F)c1F)C(C)C. The molecule has 1 atom stereocenters. The maximum Gasteiger partial charge on any atom is 0.258 e. The molecule has 0 aliphatic carbocycles. The van der Waals surface area contributed by atoms with Crippen molar-refractivity contribution in [3.8, 4) is 5.75 Å². The van der Waals surface area contributed by atoms with Crippen LogP contribution in [0.1, 0.15) is 40.2 Å². The van der Waals surface area contributed by atoms with E-state index in [-0.39, 0.29) is 5.54 Å². The van der Waals surface area contributed by atoms with E-state index in [1.165, 1.54) is 0 Å².